The summed E-state index contributed by atoms with van der Waals surface area (Å²) in [5.74, 6) is 0.790. The highest BCUT2D eigenvalue weighted by atomic mass is 16.5. The third-order valence-corrected chi connectivity index (χ3v) is 1.73. The topological polar surface area (TPSA) is 12.5 Å². The van der Waals surface area contributed by atoms with Crippen LogP contribution in [0.2, 0.25) is 0 Å². The van der Waals surface area contributed by atoms with Crippen molar-refractivity contribution in [2.45, 2.75) is 48.0 Å². The van der Waals surface area contributed by atoms with Crippen molar-refractivity contribution in [2.24, 2.45) is 5.92 Å². The molecule has 94 valence electrons. The highest BCUT2D eigenvalue weighted by Gasteiger charge is 2.10. The van der Waals surface area contributed by atoms with Gasteiger partial charge in [0.1, 0.15) is 0 Å². The average Bonchev–Trinajstić information content (AvgIpc) is 2.22. The summed E-state index contributed by atoms with van der Waals surface area (Å²) in [5.41, 5.74) is 0. The van der Waals surface area contributed by atoms with E-state index in [1.165, 1.54) is 13.0 Å². The minimum atomic E-state index is 0.790. The van der Waals surface area contributed by atoms with E-state index in [0.29, 0.717) is 0 Å². The van der Waals surface area contributed by atoms with Gasteiger partial charge in [-0.15, -0.1) is 0 Å². The summed E-state index contributed by atoms with van der Waals surface area (Å²) < 4.78 is 5.24. The van der Waals surface area contributed by atoms with Crippen LogP contribution in [0.5, 0.6) is 0 Å². The van der Waals surface area contributed by atoms with Crippen LogP contribution in [0.1, 0.15) is 48.0 Å². The number of nitrogens with zero attached hydrogens (tertiary/aromatic N) is 1. The number of hydrogen-bond acceptors (Lipinski definition) is 2. The number of morpholine rings is 1. The summed E-state index contributed by atoms with van der Waals surface area (Å²) >= 11 is 0. The molecule has 1 rings (SSSR count). The molecule has 15 heavy (non-hydrogen) atoms. The quantitative estimate of drug-likeness (QED) is 0.703. The van der Waals surface area contributed by atoms with Crippen LogP contribution in [0, 0.1) is 5.92 Å². The fourth-order valence-corrected chi connectivity index (χ4v) is 1.30. The number of hydrogen-bond donors (Lipinski definition) is 0. The molecular formula is C13H31NO. The van der Waals surface area contributed by atoms with Crippen LogP contribution < -0.4 is 0 Å². The second-order valence-corrected chi connectivity index (χ2v) is 4.01. The van der Waals surface area contributed by atoms with E-state index in [2.05, 4.69) is 32.6 Å². The zero-order chi connectivity index (χ0) is 12.1. The third kappa shape index (κ3) is 13.9. The summed E-state index contributed by atoms with van der Waals surface area (Å²) in [4.78, 5) is 2.47. The molecule has 0 amide bonds. The second kappa shape index (κ2) is 13.9. The van der Waals surface area contributed by atoms with Gasteiger partial charge in [-0.2, -0.15) is 0 Å². The van der Waals surface area contributed by atoms with Crippen LogP contribution in [0.25, 0.3) is 0 Å². The largest absolute Gasteiger partial charge is 0.379 e. The van der Waals surface area contributed by atoms with Crippen LogP contribution >= 0.6 is 0 Å². The van der Waals surface area contributed by atoms with Crippen molar-refractivity contribution in [1.82, 2.24) is 4.90 Å². The third-order valence-electron chi connectivity index (χ3n) is 1.73. The van der Waals surface area contributed by atoms with E-state index >= 15 is 0 Å². The molecule has 0 saturated carbocycles. The maximum absolute atomic E-state index is 5.24. The Kier molecular flexibility index (Phi) is 16.1. The van der Waals surface area contributed by atoms with E-state index < -0.39 is 0 Å². The van der Waals surface area contributed by atoms with Crippen molar-refractivity contribution < 1.29 is 4.74 Å². The molecule has 0 bridgehead atoms. The summed E-state index contributed by atoms with van der Waals surface area (Å²) in [6.07, 6.45) is 1.25. The molecule has 0 aliphatic carbocycles. The van der Waals surface area contributed by atoms with Crippen molar-refractivity contribution in [3.8, 4) is 0 Å². The molecule has 0 N–H and O–H groups in total. The Bertz CT molecular complexity index is 98.7. The molecule has 0 aromatic carbocycles. The smallest absolute Gasteiger partial charge is 0.0594 e. The Morgan fingerprint density at radius 1 is 1.07 bits per heavy atom. The monoisotopic (exact) mass is 217 g/mol. The van der Waals surface area contributed by atoms with Crippen LogP contribution in [0.3, 0.4) is 0 Å². The van der Waals surface area contributed by atoms with Gasteiger partial charge in [-0.25, -0.2) is 0 Å². The highest BCUT2D eigenvalue weighted by Crippen LogP contribution is 2.01. The molecule has 1 heterocycles. The minimum Gasteiger partial charge on any atom is -0.379 e. The molecule has 1 aliphatic rings. The Morgan fingerprint density at radius 3 is 1.80 bits per heavy atom. The molecule has 2 heteroatoms. The molecule has 1 saturated heterocycles. The van der Waals surface area contributed by atoms with Crippen molar-refractivity contribution in [3.05, 3.63) is 0 Å². The highest BCUT2D eigenvalue weighted by molar-refractivity contribution is 4.62. The van der Waals surface area contributed by atoms with Gasteiger partial charge in [-0.1, -0.05) is 48.0 Å². The molecule has 2 nitrogen and oxygen atoms in total. The molecule has 0 atom stereocenters. The van der Waals surface area contributed by atoms with E-state index in [0.717, 1.165) is 32.2 Å². The van der Waals surface area contributed by atoms with E-state index in [4.69, 9.17) is 4.74 Å². The van der Waals surface area contributed by atoms with E-state index in [9.17, 15) is 0 Å². The predicted octanol–water partition coefficient (Wildman–Crippen LogP) is 3.42. The zero-order valence-corrected chi connectivity index (χ0v) is 11.7. The standard InChI is InChI=1S/C8H17NO.C3H8.C2H6/c1-8(2)7-9-3-5-10-6-4-9;1-3-2;1-2/h8H,3-7H2,1-2H3;3H2,1-2H3;1-2H3. The molecule has 0 unspecified atom stereocenters. The zero-order valence-electron chi connectivity index (χ0n) is 11.7. The Morgan fingerprint density at radius 2 is 1.47 bits per heavy atom. The van der Waals surface area contributed by atoms with E-state index in [-0.39, 0.29) is 0 Å². The molecule has 1 aliphatic heterocycles. The lowest BCUT2D eigenvalue weighted by molar-refractivity contribution is 0.0329. The van der Waals surface area contributed by atoms with Crippen LogP contribution in [-0.4, -0.2) is 37.7 Å². The first-order valence-electron chi connectivity index (χ1n) is 6.50. The van der Waals surface area contributed by atoms with Crippen molar-refractivity contribution in [1.29, 1.82) is 0 Å². The van der Waals surface area contributed by atoms with Gasteiger partial charge in [-0.05, 0) is 5.92 Å². The second-order valence-electron chi connectivity index (χ2n) is 4.01. The lowest BCUT2D eigenvalue weighted by Gasteiger charge is -2.27. The van der Waals surface area contributed by atoms with Gasteiger partial charge in [0, 0.05) is 19.6 Å². The first-order chi connectivity index (χ1) is 7.20. The normalized spacial score (nSPS) is 16.2. The van der Waals surface area contributed by atoms with Crippen LogP contribution in [0.15, 0.2) is 0 Å². The number of rotatable bonds is 2. The predicted molar refractivity (Wildman–Crippen MR) is 69.4 cm³/mol. The van der Waals surface area contributed by atoms with Crippen molar-refractivity contribution >= 4 is 0 Å². The van der Waals surface area contributed by atoms with Crippen LogP contribution in [-0.2, 0) is 4.74 Å². The van der Waals surface area contributed by atoms with Gasteiger partial charge in [-0.3, -0.25) is 4.90 Å². The van der Waals surface area contributed by atoms with E-state index in [1.54, 1.807) is 0 Å². The van der Waals surface area contributed by atoms with Gasteiger partial charge in [0.05, 0.1) is 13.2 Å². The average molecular weight is 217 g/mol. The first kappa shape index (κ1) is 17.3. The van der Waals surface area contributed by atoms with Gasteiger partial charge in [0.2, 0.25) is 0 Å². The fraction of sp³-hybridized carbons (Fsp3) is 1.00. The molecule has 0 radical (unpaired) electrons. The first-order valence-corrected chi connectivity index (χ1v) is 6.50. The summed E-state index contributed by atoms with van der Waals surface area (Å²) in [7, 11) is 0. The summed E-state index contributed by atoms with van der Waals surface area (Å²) in [6, 6.07) is 0. The maximum atomic E-state index is 5.24. The van der Waals surface area contributed by atoms with E-state index in [1.807, 2.05) is 13.8 Å². The van der Waals surface area contributed by atoms with Crippen LogP contribution in [0.4, 0.5) is 0 Å². The number of ether oxygens (including phenoxy) is 1. The molecule has 0 spiro atoms. The summed E-state index contributed by atoms with van der Waals surface area (Å²) in [5, 5.41) is 0. The molecule has 0 aromatic heterocycles. The van der Waals surface area contributed by atoms with Gasteiger partial charge >= 0.3 is 0 Å². The Hall–Kier alpha value is -0.0800. The van der Waals surface area contributed by atoms with Gasteiger partial charge in [0.25, 0.3) is 0 Å². The minimum absolute atomic E-state index is 0.790. The lowest BCUT2D eigenvalue weighted by atomic mass is 10.2. The molecule has 1 fully saturated rings. The maximum Gasteiger partial charge on any atom is 0.0594 e. The lowest BCUT2D eigenvalue weighted by Crippen LogP contribution is -2.38. The SMILES string of the molecule is CC.CC(C)CN1CCOCC1.CCC. The summed E-state index contributed by atoms with van der Waals surface area (Å²) in [6.45, 7) is 18.1. The van der Waals surface area contributed by atoms with Gasteiger partial charge in [0.15, 0.2) is 0 Å². The Labute approximate surface area is 97.0 Å². The molecule has 0 aromatic rings. The van der Waals surface area contributed by atoms with Crippen molar-refractivity contribution in [3.63, 3.8) is 0 Å². The fourth-order valence-electron chi connectivity index (χ4n) is 1.30. The Balaban J connectivity index is 0. The molecular weight excluding hydrogens is 186 g/mol. The van der Waals surface area contributed by atoms with Crippen molar-refractivity contribution in [2.75, 3.05) is 32.8 Å². The van der Waals surface area contributed by atoms with Gasteiger partial charge < -0.3 is 4.74 Å².